The number of rotatable bonds is 5. The largest absolute Gasteiger partial charge is 0.508 e. The summed E-state index contributed by atoms with van der Waals surface area (Å²) in [5, 5.41) is 19.2. The Labute approximate surface area is 108 Å². The number of aliphatic hydroxyl groups is 1. The summed E-state index contributed by atoms with van der Waals surface area (Å²) < 4.78 is 0. The molecule has 0 saturated carbocycles. The number of phenolic OH excluding ortho intramolecular Hbond substituents is 1. The number of aliphatic hydroxyl groups excluding tert-OH is 1. The summed E-state index contributed by atoms with van der Waals surface area (Å²) >= 11 is 0. The molecule has 2 rings (SSSR count). The molecule has 0 heterocycles. The SMILES string of the molecule is Oc1ccc(CC(O)CCc2ccccc2)cc1. The summed E-state index contributed by atoms with van der Waals surface area (Å²) in [6.45, 7) is 0. The first-order valence-electron chi connectivity index (χ1n) is 6.24. The molecule has 0 aromatic heterocycles. The van der Waals surface area contributed by atoms with Crippen LogP contribution in [-0.4, -0.2) is 16.3 Å². The maximum atomic E-state index is 9.97. The molecule has 0 bridgehead atoms. The Hall–Kier alpha value is -1.80. The van der Waals surface area contributed by atoms with Crippen LogP contribution in [0.1, 0.15) is 17.5 Å². The summed E-state index contributed by atoms with van der Waals surface area (Å²) in [6.07, 6.45) is 1.94. The van der Waals surface area contributed by atoms with E-state index in [-0.39, 0.29) is 11.9 Å². The zero-order valence-corrected chi connectivity index (χ0v) is 10.3. The third-order valence-electron chi connectivity index (χ3n) is 3.02. The Morgan fingerprint density at radius 3 is 2.17 bits per heavy atom. The van der Waals surface area contributed by atoms with Crippen molar-refractivity contribution in [1.29, 1.82) is 0 Å². The second-order valence-electron chi connectivity index (χ2n) is 4.55. The lowest BCUT2D eigenvalue weighted by Gasteiger charge is -2.10. The van der Waals surface area contributed by atoms with Crippen LogP contribution in [0.25, 0.3) is 0 Å². The molecule has 0 amide bonds. The van der Waals surface area contributed by atoms with Gasteiger partial charge in [-0.1, -0.05) is 42.5 Å². The van der Waals surface area contributed by atoms with E-state index in [1.807, 2.05) is 30.3 Å². The van der Waals surface area contributed by atoms with Gasteiger partial charge >= 0.3 is 0 Å². The van der Waals surface area contributed by atoms with Crippen molar-refractivity contribution in [3.05, 3.63) is 65.7 Å². The lowest BCUT2D eigenvalue weighted by atomic mass is 10.0. The average molecular weight is 242 g/mol. The molecule has 2 aromatic rings. The fraction of sp³-hybridized carbons (Fsp3) is 0.250. The van der Waals surface area contributed by atoms with Gasteiger partial charge in [-0.3, -0.25) is 0 Å². The van der Waals surface area contributed by atoms with Crippen LogP contribution in [-0.2, 0) is 12.8 Å². The highest BCUT2D eigenvalue weighted by atomic mass is 16.3. The molecule has 0 saturated heterocycles. The second kappa shape index (κ2) is 6.22. The Kier molecular flexibility index (Phi) is 4.37. The summed E-state index contributed by atoms with van der Waals surface area (Å²) in [5.41, 5.74) is 2.30. The first-order chi connectivity index (χ1) is 8.74. The van der Waals surface area contributed by atoms with Crippen LogP contribution in [0, 0.1) is 0 Å². The van der Waals surface area contributed by atoms with E-state index in [9.17, 15) is 10.2 Å². The van der Waals surface area contributed by atoms with E-state index in [0.717, 1.165) is 18.4 Å². The van der Waals surface area contributed by atoms with Crippen molar-refractivity contribution in [2.75, 3.05) is 0 Å². The Morgan fingerprint density at radius 2 is 1.50 bits per heavy atom. The van der Waals surface area contributed by atoms with Crippen LogP contribution in [0.3, 0.4) is 0 Å². The van der Waals surface area contributed by atoms with Crippen molar-refractivity contribution in [1.82, 2.24) is 0 Å². The minimum Gasteiger partial charge on any atom is -0.508 e. The molecular weight excluding hydrogens is 224 g/mol. The van der Waals surface area contributed by atoms with Gasteiger partial charge in [0.1, 0.15) is 5.75 Å². The maximum absolute atomic E-state index is 9.97. The fourth-order valence-corrected chi connectivity index (χ4v) is 1.98. The topological polar surface area (TPSA) is 40.5 Å². The first-order valence-corrected chi connectivity index (χ1v) is 6.24. The zero-order chi connectivity index (χ0) is 12.8. The summed E-state index contributed by atoms with van der Waals surface area (Å²) in [5.74, 6) is 0.262. The highest BCUT2D eigenvalue weighted by molar-refractivity contribution is 5.26. The number of aromatic hydroxyl groups is 1. The molecule has 18 heavy (non-hydrogen) atoms. The normalized spacial score (nSPS) is 12.3. The van der Waals surface area contributed by atoms with Gasteiger partial charge in [-0.15, -0.1) is 0 Å². The summed E-state index contributed by atoms with van der Waals surface area (Å²) in [7, 11) is 0. The second-order valence-corrected chi connectivity index (χ2v) is 4.55. The quantitative estimate of drug-likeness (QED) is 0.846. The fourth-order valence-electron chi connectivity index (χ4n) is 1.98. The number of aryl methyl sites for hydroxylation is 1. The van der Waals surface area contributed by atoms with Crippen molar-refractivity contribution < 1.29 is 10.2 Å². The number of hydrogen-bond donors (Lipinski definition) is 2. The Bertz CT molecular complexity index is 462. The minimum atomic E-state index is -0.338. The molecule has 0 aliphatic rings. The van der Waals surface area contributed by atoms with Crippen LogP contribution < -0.4 is 0 Å². The summed E-state index contributed by atoms with van der Waals surface area (Å²) in [4.78, 5) is 0. The Morgan fingerprint density at radius 1 is 0.833 bits per heavy atom. The number of benzene rings is 2. The average Bonchev–Trinajstić information content (AvgIpc) is 2.40. The van der Waals surface area contributed by atoms with E-state index in [0.29, 0.717) is 6.42 Å². The van der Waals surface area contributed by atoms with E-state index in [2.05, 4.69) is 12.1 Å². The van der Waals surface area contributed by atoms with E-state index >= 15 is 0 Å². The smallest absolute Gasteiger partial charge is 0.115 e. The van der Waals surface area contributed by atoms with Crippen LogP contribution >= 0.6 is 0 Å². The van der Waals surface area contributed by atoms with Crippen LogP contribution in [0.15, 0.2) is 54.6 Å². The van der Waals surface area contributed by atoms with E-state index in [4.69, 9.17) is 0 Å². The molecule has 2 aromatic carbocycles. The minimum absolute atomic E-state index is 0.262. The molecule has 0 aliphatic heterocycles. The highest BCUT2D eigenvalue weighted by Gasteiger charge is 2.06. The molecule has 2 heteroatoms. The van der Waals surface area contributed by atoms with Gasteiger partial charge in [-0.05, 0) is 42.5 Å². The van der Waals surface area contributed by atoms with Gasteiger partial charge in [-0.25, -0.2) is 0 Å². The highest BCUT2D eigenvalue weighted by Crippen LogP contribution is 2.13. The molecule has 1 atom stereocenters. The van der Waals surface area contributed by atoms with Crippen molar-refractivity contribution in [2.24, 2.45) is 0 Å². The third-order valence-corrected chi connectivity index (χ3v) is 3.02. The van der Waals surface area contributed by atoms with Gasteiger partial charge in [-0.2, -0.15) is 0 Å². The first kappa shape index (κ1) is 12.7. The van der Waals surface area contributed by atoms with Gasteiger partial charge < -0.3 is 10.2 Å². The molecule has 94 valence electrons. The van der Waals surface area contributed by atoms with Gasteiger partial charge in [0.05, 0.1) is 6.10 Å². The van der Waals surface area contributed by atoms with E-state index < -0.39 is 0 Å². The molecule has 0 spiro atoms. The van der Waals surface area contributed by atoms with Crippen LogP contribution in [0.5, 0.6) is 5.75 Å². The molecule has 0 fully saturated rings. The molecule has 1 unspecified atom stereocenters. The molecular formula is C16H18O2. The van der Waals surface area contributed by atoms with Crippen molar-refractivity contribution in [3.63, 3.8) is 0 Å². The predicted octanol–water partition coefficient (Wildman–Crippen LogP) is 2.93. The van der Waals surface area contributed by atoms with Crippen LogP contribution in [0.2, 0.25) is 0 Å². The van der Waals surface area contributed by atoms with E-state index in [1.165, 1.54) is 5.56 Å². The summed E-state index contributed by atoms with van der Waals surface area (Å²) in [6, 6.07) is 17.2. The monoisotopic (exact) mass is 242 g/mol. The predicted molar refractivity (Wildman–Crippen MR) is 72.6 cm³/mol. The van der Waals surface area contributed by atoms with Gasteiger partial charge in [0, 0.05) is 0 Å². The third kappa shape index (κ3) is 3.90. The molecule has 2 nitrogen and oxygen atoms in total. The Balaban J connectivity index is 1.82. The molecule has 2 N–H and O–H groups in total. The number of hydrogen-bond acceptors (Lipinski definition) is 2. The van der Waals surface area contributed by atoms with Crippen molar-refractivity contribution in [2.45, 2.75) is 25.4 Å². The molecule has 0 radical (unpaired) electrons. The van der Waals surface area contributed by atoms with Gasteiger partial charge in [0.2, 0.25) is 0 Å². The molecule has 0 aliphatic carbocycles. The van der Waals surface area contributed by atoms with Crippen LogP contribution in [0.4, 0.5) is 0 Å². The lowest BCUT2D eigenvalue weighted by Crippen LogP contribution is -2.11. The van der Waals surface area contributed by atoms with Gasteiger partial charge in [0.25, 0.3) is 0 Å². The zero-order valence-electron chi connectivity index (χ0n) is 10.3. The van der Waals surface area contributed by atoms with E-state index in [1.54, 1.807) is 12.1 Å². The van der Waals surface area contributed by atoms with Gasteiger partial charge in [0.15, 0.2) is 0 Å². The van der Waals surface area contributed by atoms with Crippen molar-refractivity contribution >= 4 is 0 Å². The van der Waals surface area contributed by atoms with Crippen molar-refractivity contribution in [3.8, 4) is 5.75 Å². The lowest BCUT2D eigenvalue weighted by molar-refractivity contribution is 0.165. The standard InChI is InChI=1S/C16H18O2/c17-15-9-7-14(8-10-15)12-16(18)11-6-13-4-2-1-3-5-13/h1-5,7-10,16-18H,6,11-12H2. The number of phenols is 1. The maximum Gasteiger partial charge on any atom is 0.115 e.